The van der Waals surface area contributed by atoms with Gasteiger partial charge in [0.1, 0.15) is 0 Å². The molecule has 2 aromatic rings. The Hall–Kier alpha value is -1.89. The summed E-state index contributed by atoms with van der Waals surface area (Å²) in [6.07, 6.45) is 5.84. The SMILES string of the molecule is O=C(c1ccc(-c2ccccc2)cc1)C1CCCCC1. The normalized spacial score (nSPS) is 16.0. The predicted octanol–water partition coefficient (Wildman–Crippen LogP) is 5.12. The zero-order valence-electron chi connectivity index (χ0n) is 11.7. The Balaban J connectivity index is 1.77. The fraction of sp³-hybridized carbons (Fsp3) is 0.316. The second-order valence-corrected chi connectivity index (χ2v) is 5.64. The maximum Gasteiger partial charge on any atom is 0.165 e. The Morgan fingerprint density at radius 3 is 2.00 bits per heavy atom. The number of carbonyl (C=O) groups is 1. The van der Waals surface area contributed by atoms with E-state index in [2.05, 4.69) is 24.3 Å². The van der Waals surface area contributed by atoms with Crippen molar-refractivity contribution in [3.05, 3.63) is 60.2 Å². The highest BCUT2D eigenvalue weighted by Crippen LogP contribution is 2.27. The van der Waals surface area contributed by atoms with Gasteiger partial charge in [0.25, 0.3) is 0 Å². The molecule has 0 N–H and O–H groups in total. The lowest BCUT2D eigenvalue weighted by atomic mass is 9.83. The van der Waals surface area contributed by atoms with Crippen LogP contribution < -0.4 is 0 Å². The molecule has 0 aliphatic heterocycles. The number of benzene rings is 2. The first-order valence-electron chi connectivity index (χ1n) is 7.54. The van der Waals surface area contributed by atoms with Gasteiger partial charge in [0.2, 0.25) is 0 Å². The minimum Gasteiger partial charge on any atom is -0.294 e. The summed E-state index contributed by atoms with van der Waals surface area (Å²) in [4.78, 5) is 12.4. The van der Waals surface area contributed by atoms with E-state index in [1.165, 1.54) is 30.4 Å². The van der Waals surface area contributed by atoms with E-state index in [1.807, 2.05) is 30.3 Å². The number of hydrogen-bond donors (Lipinski definition) is 0. The van der Waals surface area contributed by atoms with E-state index in [9.17, 15) is 4.79 Å². The Bertz CT molecular complexity index is 562. The summed E-state index contributed by atoms with van der Waals surface area (Å²) < 4.78 is 0. The first kappa shape index (κ1) is 13.1. The number of Topliss-reactive ketones (excluding diaryl/α,β-unsaturated/α-hetero) is 1. The second kappa shape index (κ2) is 6.04. The van der Waals surface area contributed by atoms with Gasteiger partial charge in [-0.05, 0) is 24.0 Å². The van der Waals surface area contributed by atoms with Crippen molar-refractivity contribution in [3.63, 3.8) is 0 Å². The maximum atomic E-state index is 12.4. The fourth-order valence-corrected chi connectivity index (χ4v) is 3.06. The lowest BCUT2D eigenvalue weighted by Crippen LogP contribution is -2.17. The molecule has 0 atom stereocenters. The number of hydrogen-bond acceptors (Lipinski definition) is 1. The highest BCUT2D eigenvalue weighted by Gasteiger charge is 2.22. The van der Waals surface area contributed by atoms with Crippen molar-refractivity contribution < 1.29 is 4.79 Å². The summed E-state index contributed by atoms with van der Waals surface area (Å²) >= 11 is 0. The van der Waals surface area contributed by atoms with Gasteiger partial charge in [0, 0.05) is 11.5 Å². The zero-order chi connectivity index (χ0) is 13.8. The number of carbonyl (C=O) groups excluding carboxylic acids is 1. The van der Waals surface area contributed by atoms with E-state index in [0.717, 1.165) is 18.4 Å². The van der Waals surface area contributed by atoms with Crippen LogP contribution in [0.25, 0.3) is 11.1 Å². The van der Waals surface area contributed by atoms with Gasteiger partial charge in [-0.2, -0.15) is 0 Å². The predicted molar refractivity (Wildman–Crippen MR) is 82.8 cm³/mol. The van der Waals surface area contributed by atoms with Crippen LogP contribution >= 0.6 is 0 Å². The first-order valence-corrected chi connectivity index (χ1v) is 7.54. The smallest absolute Gasteiger partial charge is 0.165 e. The van der Waals surface area contributed by atoms with E-state index in [-0.39, 0.29) is 5.92 Å². The lowest BCUT2D eigenvalue weighted by Gasteiger charge is -2.20. The van der Waals surface area contributed by atoms with Crippen molar-refractivity contribution in [2.45, 2.75) is 32.1 Å². The molecule has 1 nitrogen and oxygen atoms in total. The third-order valence-corrected chi connectivity index (χ3v) is 4.25. The van der Waals surface area contributed by atoms with E-state index >= 15 is 0 Å². The van der Waals surface area contributed by atoms with Crippen molar-refractivity contribution in [3.8, 4) is 11.1 Å². The van der Waals surface area contributed by atoms with Crippen LogP contribution in [0, 0.1) is 5.92 Å². The molecule has 0 radical (unpaired) electrons. The van der Waals surface area contributed by atoms with Crippen LogP contribution in [-0.4, -0.2) is 5.78 Å². The van der Waals surface area contributed by atoms with Gasteiger partial charge in [0.15, 0.2) is 5.78 Å². The third kappa shape index (κ3) is 2.82. The largest absolute Gasteiger partial charge is 0.294 e. The van der Waals surface area contributed by atoms with Crippen molar-refractivity contribution in [1.82, 2.24) is 0 Å². The Morgan fingerprint density at radius 2 is 1.35 bits per heavy atom. The van der Waals surface area contributed by atoms with Crippen LogP contribution in [0.5, 0.6) is 0 Å². The van der Waals surface area contributed by atoms with Gasteiger partial charge in [-0.15, -0.1) is 0 Å². The molecule has 102 valence electrons. The fourth-order valence-electron chi connectivity index (χ4n) is 3.06. The van der Waals surface area contributed by atoms with Crippen LogP contribution in [0.3, 0.4) is 0 Å². The molecule has 0 unspecified atom stereocenters. The first-order chi connectivity index (χ1) is 9.84. The van der Waals surface area contributed by atoms with Gasteiger partial charge in [-0.1, -0.05) is 73.9 Å². The molecular weight excluding hydrogens is 244 g/mol. The topological polar surface area (TPSA) is 17.1 Å². The quantitative estimate of drug-likeness (QED) is 0.703. The molecule has 1 aliphatic rings. The molecule has 0 bridgehead atoms. The number of ketones is 1. The summed E-state index contributed by atoms with van der Waals surface area (Å²) in [5.41, 5.74) is 3.24. The zero-order valence-corrected chi connectivity index (χ0v) is 11.7. The Kier molecular flexibility index (Phi) is 3.96. The van der Waals surface area contributed by atoms with Gasteiger partial charge in [-0.25, -0.2) is 0 Å². The Labute approximate surface area is 120 Å². The van der Waals surface area contributed by atoms with Gasteiger partial charge in [0.05, 0.1) is 0 Å². The van der Waals surface area contributed by atoms with Crippen LogP contribution in [0.15, 0.2) is 54.6 Å². The van der Waals surface area contributed by atoms with E-state index < -0.39 is 0 Å². The van der Waals surface area contributed by atoms with Gasteiger partial charge in [-0.3, -0.25) is 4.79 Å². The van der Waals surface area contributed by atoms with E-state index in [0.29, 0.717) is 5.78 Å². The molecule has 0 saturated heterocycles. The molecule has 0 aromatic heterocycles. The van der Waals surface area contributed by atoms with E-state index in [1.54, 1.807) is 0 Å². The highest BCUT2D eigenvalue weighted by atomic mass is 16.1. The molecule has 1 aliphatic carbocycles. The molecular formula is C19H20O. The van der Waals surface area contributed by atoms with E-state index in [4.69, 9.17) is 0 Å². The molecule has 2 aromatic carbocycles. The monoisotopic (exact) mass is 264 g/mol. The summed E-state index contributed by atoms with van der Waals surface area (Å²) in [5, 5.41) is 0. The number of rotatable bonds is 3. The molecule has 20 heavy (non-hydrogen) atoms. The van der Waals surface area contributed by atoms with Gasteiger partial charge < -0.3 is 0 Å². The third-order valence-electron chi connectivity index (χ3n) is 4.25. The van der Waals surface area contributed by atoms with Crippen LogP contribution in [0.2, 0.25) is 0 Å². The summed E-state index contributed by atoms with van der Waals surface area (Å²) in [5.74, 6) is 0.593. The molecule has 1 fully saturated rings. The molecule has 0 heterocycles. The summed E-state index contributed by atoms with van der Waals surface area (Å²) in [7, 11) is 0. The average molecular weight is 264 g/mol. The van der Waals surface area contributed by atoms with Crippen molar-refractivity contribution in [1.29, 1.82) is 0 Å². The maximum absolute atomic E-state index is 12.4. The molecule has 0 amide bonds. The second-order valence-electron chi connectivity index (χ2n) is 5.64. The van der Waals surface area contributed by atoms with Crippen LogP contribution in [0.4, 0.5) is 0 Å². The lowest BCUT2D eigenvalue weighted by molar-refractivity contribution is 0.0889. The Morgan fingerprint density at radius 1 is 0.750 bits per heavy atom. The molecule has 3 rings (SSSR count). The molecule has 0 spiro atoms. The highest BCUT2D eigenvalue weighted by molar-refractivity contribution is 5.98. The minimum atomic E-state index is 0.256. The molecule has 1 saturated carbocycles. The standard InChI is InChI=1S/C19H20O/c20-19(17-9-5-2-6-10-17)18-13-11-16(12-14-18)15-7-3-1-4-8-15/h1,3-4,7-8,11-14,17H,2,5-6,9-10H2. The summed E-state index contributed by atoms with van der Waals surface area (Å²) in [6, 6.07) is 18.4. The van der Waals surface area contributed by atoms with Crippen molar-refractivity contribution in [2.24, 2.45) is 5.92 Å². The molecule has 1 heteroatoms. The van der Waals surface area contributed by atoms with Crippen LogP contribution in [0.1, 0.15) is 42.5 Å². The van der Waals surface area contributed by atoms with Crippen molar-refractivity contribution in [2.75, 3.05) is 0 Å². The average Bonchev–Trinajstić information content (AvgIpc) is 2.56. The van der Waals surface area contributed by atoms with Crippen LogP contribution in [-0.2, 0) is 0 Å². The van der Waals surface area contributed by atoms with Gasteiger partial charge >= 0.3 is 0 Å². The minimum absolute atomic E-state index is 0.256. The summed E-state index contributed by atoms with van der Waals surface area (Å²) in [6.45, 7) is 0. The van der Waals surface area contributed by atoms with Crippen molar-refractivity contribution >= 4 is 5.78 Å².